The molecule has 0 aliphatic rings. The van der Waals surface area contributed by atoms with Crippen molar-refractivity contribution in [2.75, 3.05) is 5.32 Å². The minimum atomic E-state index is -1.02. The standard InChI is InChI=1S/C20H21N3O4S/c1-13-18(20(26)23(22(13)3)16-7-5-4-6-8-16)21-19(25)14(2)27-17(24)11-15-9-10-28-12-15/h4-10,12,14H,11H2,1-3H3,(H,21,25). The van der Waals surface area contributed by atoms with E-state index in [1.807, 2.05) is 35.0 Å². The van der Waals surface area contributed by atoms with E-state index in [1.165, 1.54) is 22.9 Å². The number of nitrogens with one attached hydrogen (secondary N) is 1. The third-order valence-corrected chi connectivity index (χ3v) is 5.14. The quantitative estimate of drug-likeness (QED) is 0.646. The Morgan fingerprint density at radius 3 is 2.57 bits per heavy atom. The van der Waals surface area contributed by atoms with Crippen LogP contribution in [-0.4, -0.2) is 27.3 Å². The van der Waals surface area contributed by atoms with Crippen LogP contribution in [0.4, 0.5) is 5.69 Å². The highest BCUT2D eigenvalue weighted by molar-refractivity contribution is 7.08. The number of carbonyl (C=O) groups is 2. The van der Waals surface area contributed by atoms with Gasteiger partial charge in [0, 0.05) is 7.05 Å². The molecule has 0 saturated carbocycles. The number of thiophene rings is 1. The predicted molar refractivity (Wildman–Crippen MR) is 108 cm³/mol. The minimum Gasteiger partial charge on any atom is -0.452 e. The van der Waals surface area contributed by atoms with Gasteiger partial charge in [-0.15, -0.1) is 0 Å². The molecule has 1 unspecified atom stereocenters. The highest BCUT2D eigenvalue weighted by atomic mass is 32.1. The molecule has 1 aromatic carbocycles. The minimum absolute atomic E-state index is 0.103. The molecule has 7 nitrogen and oxygen atoms in total. The number of anilines is 1. The molecule has 2 aromatic heterocycles. The lowest BCUT2D eigenvalue weighted by Crippen LogP contribution is -2.32. The van der Waals surface area contributed by atoms with Crippen LogP contribution in [0.2, 0.25) is 0 Å². The van der Waals surface area contributed by atoms with Crippen LogP contribution in [0.15, 0.2) is 52.0 Å². The zero-order chi connectivity index (χ0) is 20.3. The molecule has 0 aliphatic heterocycles. The lowest BCUT2D eigenvalue weighted by atomic mass is 10.2. The Hall–Kier alpha value is -3.13. The number of rotatable bonds is 6. The number of ether oxygens (including phenoxy) is 1. The molecule has 1 amide bonds. The van der Waals surface area contributed by atoms with E-state index in [1.54, 1.807) is 30.8 Å². The van der Waals surface area contributed by atoms with Crippen LogP contribution < -0.4 is 10.9 Å². The van der Waals surface area contributed by atoms with Crippen LogP contribution in [0, 0.1) is 6.92 Å². The summed E-state index contributed by atoms with van der Waals surface area (Å²) in [6.07, 6.45) is -0.915. The molecular weight excluding hydrogens is 378 g/mol. The lowest BCUT2D eigenvalue weighted by molar-refractivity contribution is -0.152. The van der Waals surface area contributed by atoms with Crippen molar-refractivity contribution < 1.29 is 14.3 Å². The Balaban J connectivity index is 1.73. The summed E-state index contributed by atoms with van der Waals surface area (Å²) in [5.74, 6) is -1.04. The molecule has 1 N–H and O–H groups in total. The fraction of sp³-hybridized carbons (Fsp3) is 0.250. The Labute approximate surface area is 166 Å². The van der Waals surface area contributed by atoms with Crippen molar-refractivity contribution in [3.63, 3.8) is 0 Å². The van der Waals surface area contributed by atoms with Gasteiger partial charge in [-0.1, -0.05) is 18.2 Å². The maximum atomic E-state index is 12.8. The summed E-state index contributed by atoms with van der Waals surface area (Å²) in [5, 5.41) is 6.33. The summed E-state index contributed by atoms with van der Waals surface area (Å²) in [5.41, 5.74) is 1.94. The van der Waals surface area contributed by atoms with Crippen molar-refractivity contribution in [2.45, 2.75) is 26.4 Å². The number of para-hydroxylation sites is 1. The van der Waals surface area contributed by atoms with Crippen LogP contribution in [0.5, 0.6) is 0 Å². The normalized spacial score (nSPS) is 11.8. The van der Waals surface area contributed by atoms with Gasteiger partial charge in [-0.05, 0) is 48.4 Å². The van der Waals surface area contributed by atoms with E-state index in [-0.39, 0.29) is 17.7 Å². The maximum absolute atomic E-state index is 12.8. The number of hydrogen-bond acceptors (Lipinski definition) is 5. The van der Waals surface area contributed by atoms with E-state index < -0.39 is 18.0 Å². The van der Waals surface area contributed by atoms with Gasteiger partial charge in [0.15, 0.2) is 6.10 Å². The molecule has 146 valence electrons. The summed E-state index contributed by atoms with van der Waals surface area (Å²) in [7, 11) is 1.74. The molecule has 3 aromatic rings. The number of esters is 1. The molecule has 28 heavy (non-hydrogen) atoms. The Morgan fingerprint density at radius 2 is 1.93 bits per heavy atom. The average molecular weight is 399 g/mol. The number of amides is 1. The zero-order valence-electron chi connectivity index (χ0n) is 15.8. The van der Waals surface area contributed by atoms with E-state index in [2.05, 4.69) is 5.32 Å². The highest BCUT2D eigenvalue weighted by Gasteiger charge is 2.23. The van der Waals surface area contributed by atoms with Crippen molar-refractivity contribution in [1.82, 2.24) is 9.36 Å². The molecule has 0 aliphatic carbocycles. The first-order valence-corrected chi connectivity index (χ1v) is 9.68. The predicted octanol–water partition coefficient (Wildman–Crippen LogP) is 2.66. The second kappa shape index (κ2) is 8.26. The third kappa shape index (κ3) is 4.07. The molecule has 3 rings (SSSR count). The maximum Gasteiger partial charge on any atom is 0.311 e. The van der Waals surface area contributed by atoms with E-state index >= 15 is 0 Å². The van der Waals surface area contributed by atoms with Crippen LogP contribution in [0.25, 0.3) is 5.69 Å². The molecule has 0 bridgehead atoms. The molecule has 0 saturated heterocycles. The van der Waals surface area contributed by atoms with Gasteiger partial charge in [0.1, 0.15) is 5.69 Å². The van der Waals surface area contributed by atoms with E-state index in [9.17, 15) is 14.4 Å². The van der Waals surface area contributed by atoms with Crippen molar-refractivity contribution in [3.8, 4) is 5.69 Å². The fourth-order valence-corrected chi connectivity index (χ4v) is 3.46. The number of nitrogens with zero attached hydrogens (tertiary/aromatic N) is 2. The lowest BCUT2D eigenvalue weighted by Gasteiger charge is -2.12. The van der Waals surface area contributed by atoms with Gasteiger partial charge in [-0.3, -0.25) is 19.1 Å². The fourth-order valence-electron chi connectivity index (χ4n) is 2.79. The number of hydrogen-bond donors (Lipinski definition) is 1. The Morgan fingerprint density at radius 1 is 1.21 bits per heavy atom. The van der Waals surface area contributed by atoms with Crippen LogP contribution in [-0.2, 0) is 27.8 Å². The molecule has 1 atom stereocenters. The molecule has 0 radical (unpaired) electrons. The molecule has 0 spiro atoms. The molecule has 8 heteroatoms. The van der Waals surface area contributed by atoms with Crippen LogP contribution in [0.1, 0.15) is 18.2 Å². The number of benzene rings is 1. The summed E-state index contributed by atoms with van der Waals surface area (Å²) in [6, 6.07) is 11.0. The van der Waals surface area contributed by atoms with Gasteiger partial charge in [-0.2, -0.15) is 11.3 Å². The summed E-state index contributed by atoms with van der Waals surface area (Å²) in [4.78, 5) is 37.3. The first kappa shape index (κ1) is 19.6. The Bertz CT molecular complexity index is 1040. The second-order valence-electron chi connectivity index (χ2n) is 6.37. The Kier molecular flexibility index (Phi) is 5.79. The zero-order valence-corrected chi connectivity index (χ0v) is 16.7. The number of aromatic nitrogens is 2. The van der Waals surface area contributed by atoms with Gasteiger partial charge in [0.25, 0.3) is 11.5 Å². The highest BCUT2D eigenvalue weighted by Crippen LogP contribution is 2.15. The van der Waals surface area contributed by atoms with Gasteiger partial charge >= 0.3 is 5.97 Å². The van der Waals surface area contributed by atoms with Crippen molar-refractivity contribution in [1.29, 1.82) is 0 Å². The van der Waals surface area contributed by atoms with Crippen molar-refractivity contribution >= 4 is 28.9 Å². The van der Waals surface area contributed by atoms with E-state index in [0.717, 1.165) is 5.56 Å². The van der Waals surface area contributed by atoms with Gasteiger partial charge in [-0.25, -0.2) is 4.68 Å². The van der Waals surface area contributed by atoms with Gasteiger partial charge in [0.2, 0.25) is 0 Å². The monoisotopic (exact) mass is 399 g/mol. The first-order chi connectivity index (χ1) is 13.4. The van der Waals surface area contributed by atoms with Crippen LogP contribution in [0.3, 0.4) is 0 Å². The van der Waals surface area contributed by atoms with Crippen LogP contribution >= 0.6 is 11.3 Å². The largest absolute Gasteiger partial charge is 0.452 e. The average Bonchev–Trinajstić information content (AvgIpc) is 3.25. The molecule has 0 fully saturated rings. The van der Waals surface area contributed by atoms with E-state index in [4.69, 9.17) is 4.74 Å². The third-order valence-electron chi connectivity index (χ3n) is 4.41. The summed E-state index contributed by atoms with van der Waals surface area (Å²) in [6.45, 7) is 3.22. The summed E-state index contributed by atoms with van der Waals surface area (Å²) < 4.78 is 8.33. The van der Waals surface area contributed by atoms with E-state index in [0.29, 0.717) is 11.4 Å². The molecule has 2 heterocycles. The van der Waals surface area contributed by atoms with Crippen molar-refractivity contribution in [3.05, 3.63) is 68.8 Å². The first-order valence-electron chi connectivity index (χ1n) is 8.74. The number of carbonyl (C=O) groups excluding carboxylic acids is 2. The smallest absolute Gasteiger partial charge is 0.311 e. The second-order valence-corrected chi connectivity index (χ2v) is 7.15. The molecular formula is C20H21N3O4S. The van der Waals surface area contributed by atoms with Gasteiger partial charge in [0.05, 0.1) is 17.8 Å². The van der Waals surface area contributed by atoms with Crippen molar-refractivity contribution in [2.24, 2.45) is 7.05 Å². The SMILES string of the molecule is Cc1c(NC(=O)C(C)OC(=O)Cc2ccsc2)c(=O)n(-c2ccccc2)n1C. The summed E-state index contributed by atoms with van der Waals surface area (Å²) >= 11 is 1.49. The topological polar surface area (TPSA) is 82.3 Å². The van der Waals surface area contributed by atoms with Gasteiger partial charge < -0.3 is 10.1 Å².